The van der Waals surface area contributed by atoms with E-state index in [9.17, 15) is 33.9 Å². The minimum Gasteiger partial charge on any atom is -0.508 e. The smallest absolute Gasteiger partial charge is 0.262 e. The van der Waals surface area contributed by atoms with Crippen molar-refractivity contribution in [2.75, 3.05) is 90.1 Å². The first-order valence-corrected chi connectivity index (χ1v) is 22.9. The van der Waals surface area contributed by atoms with Crippen molar-refractivity contribution >= 4 is 80.5 Å². The number of nitrogens with one attached hydrogen (secondary N) is 2. The molecule has 2 fully saturated rings. The molecule has 1 atom stereocenters. The summed E-state index contributed by atoms with van der Waals surface area (Å²) in [5.74, 6) is -2.44. The lowest BCUT2D eigenvalue weighted by Crippen LogP contribution is -2.54. The standard InChI is InChI=1S/C49H50ClFN8O10/c1-56(2)40(62)14-15-52-49-54-44-36(28-37(50)42(43(44)51)34-26-30(60)25-29-7-3-4-8-32(29)34)45(55-49)58-18-16-57(17-19-58)41(63)9-5-6-20-67-21-22-68-23-24-69-31-10-11-33-35(27-31)48(66)59(47(33)65)38-12-13-39(61)53-46(38)64/h3-5,7-11,25-28,38,60H,6,12-24H2,1-2H3,(H,52,54,55)(H,53,61,64)/b9-5+. The van der Waals surface area contributed by atoms with E-state index >= 15 is 4.39 Å². The number of aromatic nitrogens is 2. The Labute approximate surface area is 400 Å². The molecule has 2 saturated heterocycles. The van der Waals surface area contributed by atoms with Gasteiger partial charge in [0.15, 0.2) is 5.82 Å². The first-order chi connectivity index (χ1) is 33.3. The summed E-state index contributed by atoms with van der Waals surface area (Å²) in [5, 5.41) is 17.7. The summed E-state index contributed by atoms with van der Waals surface area (Å²) in [5.41, 5.74) is 0.777. The molecule has 1 aromatic heterocycles. The Morgan fingerprint density at radius 1 is 0.899 bits per heavy atom. The van der Waals surface area contributed by atoms with Crippen LogP contribution in [0.4, 0.5) is 16.2 Å². The number of fused-ring (bicyclic) bond motifs is 3. The molecular weight excluding hydrogens is 915 g/mol. The molecule has 3 aliphatic heterocycles. The third-order valence-electron chi connectivity index (χ3n) is 12.0. The number of benzene rings is 4. The zero-order chi connectivity index (χ0) is 48.8. The van der Waals surface area contributed by atoms with E-state index in [0.717, 1.165) is 4.90 Å². The van der Waals surface area contributed by atoms with Gasteiger partial charge in [-0.3, -0.25) is 39.0 Å². The van der Waals surface area contributed by atoms with Crippen LogP contribution in [-0.2, 0) is 28.7 Å². The molecule has 3 aliphatic rings. The molecule has 5 aromatic rings. The van der Waals surface area contributed by atoms with Crippen LogP contribution < -0.4 is 20.3 Å². The number of phenolic OH excluding ortho intramolecular Hbond substituents is 1. The summed E-state index contributed by atoms with van der Waals surface area (Å²) in [4.78, 5) is 90.7. The number of nitrogens with zero attached hydrogens (tertiary/aromatic N) is 6. The van der Waals surface area contributed by atoms with Gasteiger partial charge >= 0.3 is 0 Å². The Morgan fingerprint density at radius 2 is 1.64 bits per heavy atom. The number of piperazine rings is 1. The molecule has 0 aliphatic carbocycles. The number of rotatable bonds is 18. The quantitative estimate of drug-likeness (QED) is 0.0603. The molecule has 6 amide bonds. The van der Waals surface area contributed by atoms with Gasteiger partial charge in [0.25, 0.3) is 11.8 Å². The largest absolute Gasteiger partial charge is 0.508 e. The molecule has 0 bridgehead atoms. The van der Waals surface area contributed by atoms with Crippen molar-refractivity contribution in [3.05, 3.63) is 94.8 Å². The fraction of sp³-hybridized carbons (Fsp3) is 0.347. The van der Waals surface area contributed by atoms with Crippen LogP contribution >= 0.6 is 11.6 Å². The van der Waals surface area contributed by atoms with Gasteiger partial charge in [-0.25, -0.2) is 9.37 Å². The normalized spacial score (nSPS) is 16.2. The Kier molecular flexibility index (Phi) is 15.0. The van der Waals surface area contributed by atoms with Crippen LogP contribution in [0.2, 0.25) is 5.02 Å². The molecule has 4 heterocycles. The Bertz CT molecular complexity index is 2870. The van der Waals surface area contributed by atoms with Gasteiger partial charge in [0.2, 0.25) is 29.6 Å². The van der Waals surface area contributed by atoms with Crippen LogP contribution in [-0.4, -0.2) is 151 Å². The second-order valence-electron chi connectivity index (χ2n) is 16.7. The third-order valence-corrected chi connectivity index (χ3v) is 12.3. The van der Waals surface area contributed by atoms with Crippen molar-refractivity contribution in [3.63, 3.8) is 0 Å². The van der Waals surface area contributed by atoms with Gasteiger partial charge in [-0.2, -0.15) is 4.98 Å². The number of hydrogen-bond donors (Lipinski definition) is 3. The van der Waals surface area contributed by atoms with E-state index in [1.807, 2.05) is 29.2 Å². The van der Waals surface area contributed by atoms with Gasteiger partial charge in [-0.15, -0.1) is 0 Å². The highest BCUT2D eigenvalue weighted by atomic mass is 35.5. The summed E-state index contributed by atoms with van der Waals surface area (Å²) < 4.78 is 33.9. The average molecular weight is 965 g/mol. The van der Waals surface area contributed by atoms with Gasteiger partial charge in [0.05, 0.1) is 42.6 Å². The number of aromatic hydroxyl groups is 1. The second-order valence-corrected chi connectivity index (χ2v) is 17.1. The molecular formula is C49H50ClFN8O10. The number of carbonyl (C=O) groups excluding carboxylic acids is 6. The highest BCUT2D eigenvalue weighted by molar-refractivity contribution is 6.35. The molecule has 1 unspecified atom stereocenters. The van der Waals surface area contributed by atoms with E-state index in [1.54, 1.807) is 43.3 Å². The molecule has 0 radical (unpaired) electrons. The number of halogens is 2. The van der Waals surface area contributed by atoms with E-state index in [1.165, 1.54) is 29.2 Å². The molecule has 0 saturated carbocycles. The zero-order valence-electron chi connectivity index (χ0n) is 38.0. The second kappa shape index (κ2) is 21.4. The first-order valence-electron chi connectivity index (χ1n) is 22.5. The highest BCUT2D eigenvalue weighted by Crippen LogP contribution is 2.42. The molecule has 8 rings (SSSR count). The van der Waals surface area contributed by atoms with Crippen LogP contribution in [0, 0.1) is 5.82 Å². The van der Waals surface area contributed by atoms with Crippen molar-refractivity contribution < 1.29 is 52.5 Å². The van der Waals surface area contributed by atoms with Gasteiger partial charge < -0.3 is 39.3 Å². The number of amides is 6. The topological polar surface area (TPSA) is 213 Å². The lowest BCUT2D eigenvalue weighted by atomic mass is 9.96. The van der Waals surface area contributed by atoms with E-state index in [-0.39, 0.29) is 89.8 Å². The Balaban J connectivity index is 0.798. The van der Waals surface area contributed by atoms with Crippen molar-refractivity contribution in [1.29, 1.82) is 0 Å². The molecule has 18 nitrogen and oxygen atoms in total. The van der Waals surface area contributed by atoms with E-state index in [0.29, 0.717) is 85.7 Å². The average Bonchev–Trinajstić information content (AvgIpc) is 3.57. The summed E-state index contributed by atoms with van der Waals surface area (Å²) in [6.07, 6.45) is 4.02. The molecule has 4 aromatic carbocycles. The number of imide groups is 2. The fourth-order valence-corrected chi connectivity index (χ4v) is 8.71. The van der Waals surface area contributed by atoms with Crippen LogP contribution in [0.15, 0.2) is 72.8 Å². The number of phenols is 1. The lowest BCUT2D eigenvalue weighted by molar-refractivity contribution is -0.136. The predicted octanol–water partition coefficient (Wildman–Crippen LogP) is 4.95. The van der Waals surface area contributed by atoms with Crippen LogP contribution in [0.3, 0.4) is 0 Å². The molecule has 3 N–H and O–H groups in total. The van der Waals surface area contributed by atoms with Gasteiger partial charge in [0.1, 0.15) is 35.5 Å². The van der Waals surface area contributed by atoms with Crippen LogP contribution in [0.25, 0.3) is 32.8 Å². The summed E-state index contributed by atoms with van der Waals surface area (Å²) >= 11 is 6.87. The van der Waals surface area contributed by atoms with E-state index in [2.05, 4.69) is 15.6 Å². The van der Waals surface area contributed by atoms with Gasteiger partial charge in [-0.05, 0) is 71.7 Å². The maximum atomic E-state index is 16.9. The SMILES string of the molecule is CN(C)C(=O)CCNc1nc(N2CCN(C(=O)/C=C/CCOCCOCCOc3ccc4c(c3)C(=O)N(C3CCC(=O)NC3=O)C4=O)CC2)c2cc(Cl)c(-c3cc(O)cc4ccccc34)c(F)c2n1. The minimum atomic E-state index is -1.05. The number of anilines is 2. The summed E-state index contributed by atoms with van der Waals surface area (Å²) in [6.45, 7) is 3.05. The number of carbonyl (C=O) groups is 6. The third kappa shape index (κ3) is 10.7. The zero-order valence-corrected chi connectivity index (χ0v) is 38.7. The summed E-state index contributed by atoms with van der Waals surface area (Å²) in [6, 6.07) is 15.4. The molecule has 360 valence electrons. The highest BCUT2D eigenvalue weighted by Gasteiger charge is 2.44. The van der Waals surface area contributed by atoms with E-state index < -0.39 is 35.5 Å². The monoisotopic (exact) mass is 964 g/mol. The van der Waals surface area contributed by atoms with Crippen molar-refractivity contribution in [2.45, 2.75) is 31.7 Å². The first kappa shape index (κ1) is 48.2. The molecule has 69 heavy (non-hydrogen) atoms. The summed E-state index contributed by atoms with van der Waals surface area (Å²) in [7, 11) is 3.32. The molecule has 20 heteroatoms. The number of ether oxygens (including phenoxy) is 3. The number of piperidine rings is 1. The van der Waals surface area contributed by atoms with Crippen LogP contribution in [0.1, 0.15) is 46.4 Å². The Hall–Kier alpha value is -7.22. The van der Waals surface area contributed by atoms with Gasteiger partial charge in [-0.1, -0.05) is 41.9 Å². The lowest BCUT2D eigenvalue weighted by Gasteiger charge is -2.35. The maximum absolute atomic E-state index is 16.9. The number of hydrogen-bond acceptors (Lipinski definition) is 14. The Morgan fingerprint density at radius 3 is 2.41 bits per heavy atom. The van der Waals surface area contributed by atoms with E-state index in [4.69, 9.17) is 30.8 Å². The maximum Gasteiger partial charge on any atom is 0.262 e. The van der Waals surface area contributed by atoms with Gasteiger partial charge in [0, 0.05) is 70.6 Å². The van der Waals surface area contributed by atoms with Crippen LogP contribution in [0.5, 0.6) is 11.5 Å². The minimum absolute atomic E-state index is 0.00671. The fourth-order valence-electron chi connectivity index (χ4n) is 8.41. The van der Waals surface area contributed by atoms with Crippen molar-refractivity contribution in [3.8, 4) is 22.6 Å². The predicted molar refractivity (Wildman–Crippen MR) is 254 cm³/mol. The van der Waals surface area contributed by atoms with Crippen molar-refractivity contribution in [2.24, 2.45) is 0 Å². The molecule has 0 spiro atoms. The van der Waals surface area contributed by atoms with Crippen molar-refractivity contribution in [1.82, 2.24) is 30.0 Å².